The van der Waals surface area contributed by atoms with E-state index in [9.17, 15) is 31.1 Å². The van der Waals surface area contributed by atoms with Crippen molar-refractivity contribution in [3.05, 3.63) is 52.8 Å². The first-order valence-corrected chi connectivity index (χ1v) is 7.89. The van der Waals surface area contributed by atoms with Crippen LogP contribution in [-0.2, 0) is 18.9 Å². The van der Waals surface area contributed by atoms with Crippen LogP contribution in [0, 0.1) is 0 Å². The predicted octanol–water partition coefficient (Wildman–Crippen LogP) is 4.77. The highest BCUT2D eigenvalue weighted by molar-refractivity contribution is 5.95. The van der Waals surface area contributed by atoms with Gasteiger partial charge in [0.25, 0.3) is 5.91 Å². The van der Waals surface area contributed by atoms with E-state index in [0.717, 1.165) is 24.2 Å². The number of halogens is 6. The molecule has 0 fully saturated rings. The van der Waals surface area contributed by atoms with Crippen LogP contribution >= 0.6 is 0 Å². The molecule has 0 bridgehead atoms. The summed E-state index contributed by atoms with van der Waals surface area (Å²) in [5.74, 6) is -1.06. The van der Waals surface area contributed by atoms with E-state index in [1.807, 2.05) is 0 Å². The molecule has 1 amide bonds. The number of benzene rings is 1. The van der Waals surface area contributed by atoms with Gasteiger partial charge in [0.2, 0.25) is 0 Å². The first kappa shape index (κ1) is 20.8. The largest absolute Gasteiger partial charge is 0.433 e. The van der Waals surface area contributed by atoms with Gasteiger partial charge in [-0.3, -0.25) is 9.48 Å². The van der Waals surface area contributed by atoms with E-state index < -0.39 is 47.7 Å². The van der Waals surface area contributed by atoms with Crippen molar-refractivity contribution in [1.29, 1.82) is 0 Å². The summed E-state index contributed by atoms with van der Waals surface area (Å²) in [6.45, 7) is 2.44. The molecular formula is C17H17F6N3O. The van der Waals surface area contributed by atoms with Crippen LogP contribution in [0.1, 0.15) is 47.1 Å². The lowest BCUT2D eigenvalue weighted by atomic mass is 10.1. The van der Waals surface area contributed by atoms with Gasteiger partial charge in [-0.05, 0) is 25.5 Å². The van der Waals surface area contributed by atoms with Crippen molar-refractivity contribution in [2.45, 2.75) is 38.8 Å². The number of hydrogen-bond donors (Lipinski definition) is 0. The molecule has 4 nitrogen and oxygen atoms in total. The van der Waals surface area contributed by atoms with Gasteiger partial charge in [-0.2, -0.15) is 31.4 Å². The second kappa shape index (κ2) is 7.24. The molecule has 10 heteroatoms. The van der Waals surface area contributed by atoms with Crippen LogP contribution in [0.15, 0.2) is 30.5 Å². The van der Waals surface area contributed by atoms with E-state index in [4.69, 9.17) is 0 Å². The number of amides is 1. The minimum Gasteiger partial charge on any atom is -0.337 e. The lowest BCUT2D eigenvalue weighted by molar-refractivity contribution is -0.145. The third-order valence-corrected chi connectivity index (χ3v) is 3.86. The summed E-state index contributed by atoms with van der Waals surface area (Å²) in [7, 11) is 1.14. The Hall–Kier alpha value is -2.52. The molecule has 2 aromatic rings. The highest BCUT2D eigenvalue weighted by Crippen LogP contribution is 2.35. The molecule has 1 aromatic heterocycles. The molecule has 0 N–H and O–H groups in total. The minimum absolute atomic E-state index is 0.217. The van der Waals surface area contributed by atoms with Crippen molar-refractivity contribution in [3.8, 4) is 0 Å². The van der Waals surface area contributed by atoms with Gasteiger partial charge in [0.1, 0.15) is 0 Å². The van der Waals surface area contributed by atoms with Gasteiger partial charge < -0.3 is 4.90 Å². The third kappa shape index (κ3) is 4.42. The van der Waals surface area contributed by atoms with E-state index >= 15 is 0 Å². The van der Waals surface area contributed by atoms with Gasteiger partial charge in [0, 0.05) is 19.6 Å². The molecule has 0 aliphatic carbocycles. The summed E-state index contributed by atoms with van der Waals surface area (Å²) in [6.07, 6.45) is -8.69. The van der Waals surface area contributed by atoms with Crippen LogP contribution in [0.4, 0.5) is 26.3 Å². The van der Waals surface area contributed by atoms with Gasteiger partial charge in [0.15, 0.2) is 5.69 Å². The van der Waals surface area contributed by atoms with Crippen molar-refractivity contribution < 1.29 is 31.1 Å². The van der Waals surface area contributed by atoms with Crippen LogP contribution < -0.4 is 0 Å². The second-order valence-corrected chi connectivity index (χ2v) is 6.26. The monoisotopic (exact) mass is 393 g/mol. The quantitative estimate of drug-likeness (QED) is 0.702. The van der Waals surface area contributed by atoms with Crippen LogP contribution in [0.3, 0.4) is 0 Å². The molecule has 0 aliphatic rings. The fourth-order valence-electron chi connectivity index (χ4n) is 2.66. The normalized spacial score (nSPS) is 12.5. The summed E-state index contributed by atoms with van der Waals surface area (Å²) in [4.78, 5) is 13.3. The van der Waals surface area contributed by atoms with E-state index in [1.165, 1.54) is 32.0 Å². The van der Waals surface area contributed by atoms with Crippen molar-refractivity contribution in [3.63, 3.8) is 0 Å². The number of carbonyl (C=O) groups excluding carboxylic acids is 1. The highest BCUT2D eigenvalue weighted by atomic mass is 19.4. The molecule has 0 unspecified atom stereocenters. The Bertz CT molecular complexity index is 823. The smallest absolute Gasteiger partial charge is 0.337 e. The van der Waals surface area contributed by atoms with E-state index in [0.29, 0.717) is 4.68 Å². The van der Waals surface area contributed by atoms with E-state index in [-0.39, 0.29) is 5.56 Å². The van der Waals surface area contributed by atoms with Gasteiger partial charge in [-0.15, -0.1) is 0 Å². The van der Waals surface area contributed by atoms with Crippen LogP contribution in [0.5, 0.6) is 0 Å². The van der Waals surface area contributed by atoms with Crippen LogP contribution in [0.2, 0.25) is 0 Å². The zero-order chi connectivity index (χ0) is 20.6. The zero-order valence-corrected chi connectivity index (χ0v) is 14.7. The topological polar surface area (TPSA) is 38.1 Å². The van der Waals surface area contributed by atoms with Crippen molar-refractivity contribution >= 4 is 5.91 Å². The number of hydrogen-bond acceptors (Lipinski definition) is 2. The zero-order valence-electron chi connectivity index (χ0n) is 14.7. The van der Waals surface area contributed by atoms with Gasteiger partial charge in [-0.25, -0.2) is 0 Å². The molecule has 1 heterocycles. The van der Waals surface area contributed by atoms with Crippen LogP contribution in [0.25, 0.3) is 0 Å². The molecular weight excluding hydrogens is 376 g/mol. The summed E-state index contributed by atoms with van der Waals surface area (Å²) in [5.41, 5.74) is -3.09. The second-order valence-electron chi connectivity index (χ2n) is 6.26. The maximum Gasteiger partial charge on any atom is 0.433 e. The Labute approximate surface area is 151 Å². The Morgan fingerprint density at radius 3 is 2.22 bits per heavy atom. The first-order chi connectivity index (χ1) is 12.3. The molecule has 148 valence electrons. The number of aromatic nitrogens is 2. The SMILES string of the molecule is CC(C)n1ncc(C(=O)N(C)Cc2ccccc2C(F)(F)F)c1C(F)(F)F. The summed E-state index contributed by atoms with van der Waals surface area (Å²) in [5, 5.41) is 3.62. The Morgan fingerprint density at radius 2 is 1.70 bits per heavy atom. The fourth-order valence-corrected chi connectivity index (χ4v) is 2.66. The average Bonchev–Trinajstić information content (AvgIpc) is 2.99. The summed E-state index contributed by atoms with van der Waals surface area (Å²) < 4.78 is 80.1. The summed E-state index contributed by atoms with van der Waals surface area (Å²) >= 11 is 0. The Morgan fingerprint density at radius 1 is 1.11 bits per heavy atom. The van der Waals surface area contributed by atoms with Crippen LogP contribution in [-0.4, -0.2) is 27.6 Å². The maximum absolute atomic E-state index is 13.4. The fraction of sp³-hybridized carbons (Fsp3) is 0.412. The molecule has 0 radical (unpaired) electrons. The average molecular weight is 393 g/mol. The number of carbonyl (C=O) groups is 1. The van der Waals surface area contributed by atoms with E-state index in [2.05, 4.69) is 5.10 Å². The molecule has 0 saturated carbocycles. The molecule has 0 aliphatic heterocycles. The van der Waals surface area contributed by atoms with Crippen molar-refractivity contribution in [1.82, 2.24) is 14.7 Å². The van der Waals surface area contributed by atoms with E-state index in [1.54, 1.807) is 0 Å². The van der Waals surface area contributed by atoms with Gasteiger partial charge >= 0.3 is 12.4 Å². The molecule has 0 saturated heterocycles. The van der Waals surface area contributed by atoms with Crippen molar-refractivity contribution in [2.24, 2.45) is 0 Å². The predicted molar refractivity (Wildman–Crippen MR) is 84.9 cm³/mol. The molecule has 1 aromatic carbocycles. The Balaban J connectivity index is 2.38. The minimum atomic E-state index is -4.84. The molecule has 27 heavy (non-hydrogen) atoms. The molecule has 0 spiro atoms. The number of alkyl halides is 6. The molecule has 2 rings (SSSR count). The first-order valence-electron chi connectivity index (χ1n) is 7.89. The number of rotatable bonds is 4. The maximum atomic E-state index is 13.4. The van der Waals surface area contributed by atoms with Gasteiger partial charge in [-0.1, -0.05) is 18.2 Å². The van der Waals surface area contributed by atoms with Gasteiger partial charge in [0.05, 0.1) is 17.3 Å². The Kier molecular flexibility index (Phi) is 5.58. The summed E-state index contributed by atoms with van der Waals surface area (Å²) in [6, 6.07) is 3.93. The lowest BCUT2D eigenvalue weighted by Gasteiger charge is -2.21. The highest BCUT2D eigenvalue weighted by Gasteiger charge is 2.41. The third-order valence-electron chi connectivity index (χ3n) is 3.86. The number of nitrogens with zero attached hydrogens (tertiary/aromatic N) is 3. The molecule has 0 atom stereocenters. The lowest BCUT2D eigenvalue weighted by Crippen LogP contribution is -2.30. The van der Waals surface area contributed by atoms with Crippen molar-refractivity contribution in [2.75, 3.05) is 7.05 Å². The standard InChI is InChI=1S/C17H17F6N3O/c1-10(2)26-14(17(21,22)23)12(8-24-26)15(27)25(3)9-11-6-4-5-7-13(11)16(18,19)20/h4-8,10H,9H2,1-3H3.